The summed E-state index contributed by atoms with van der Waals surface area (Å²) in [6, 6.07) is 0. The largest absolute Gasteiger partial charge is 0.329 e. The Kier molecular flexibility index (Phi) is 12.6. The summed E-state index contributed by atoms with van der Waals surface area (Å²) in [5, 5.41) is 6.68. The standard InChI is InChI=1S/C9H24N3P/c1-2-3-4-9-13-12-8-7-11-6-5-10/h11-13H,2-10H2,1H3. The van der Waals surface area contributed by atoms with Crippen molar-refractivity contribution in [2.75, 3.05) is 32.3 Å². The minimum absolute atomic E-state index is 0.735. The van der Waals surface area contributed by atoms with E-state index in [1.54, 1.807) is 0 Å². The van der Waals surface area contributed by atoms with Crippen LogP contribution in [0.4, 0.5) is 0 Å². The van der Waals surface area contributed by atoms with Crippen molar-refractivity contribution in [2.24, 2.45) is 5.73 Å². The van der Waals surface area contributed by atoms with Gasteiger partial charge in [0, 0.05) is 26.2 Å². The molecule has 0 saturated carbocycles. The van der Waals surface area contributed by atoms with Crippen LogP contribution in [0.5, 0.6) is 0 Å². The Labute approximate surface area is 84.1 Å². The molecule has 0 aromatic heterocycles. The maximum Gasteiger partial charge on any atom is 0.0113 e. The van der Waals surface area contributed by atoms with E-state index in [1.165, 1.54) is 25.4 Å². The first-order valence-corrected chi connectivity index (χ1v) is 6.49. The first-order chi connectivity index (χ1) is 6.41. The number of hydrogen-bond donors (Lipinski definition) is 3. The van der Waals surface area contributed by atoms with Gasteiger partial charge in [-0.15, -0.1) is 0 Å². The second kappa shape index (κ2) is 12.3. The van der Waals surface area contributed by atoms with Crippen LogP contribution >= 0.6 is 8.73 Å². The highest BCUT2D eigenvalue weighted by molar-refractivity contribution is 7.35. The molecule has 0 aliphatic rings. The van der Waals surface area contributed by atoms with E-state index in [0.717, 1.165) is 34.9 Å². The molecular formula is C9H24N3P. The van der Waals surface area contributed by atoms with Crippen molar-refractivity contribution in [1.29, 1.82) is 0 Å². The van der Waals surface area contributed by atoms with Gasteiger partial charge in [-0.25, -0.2) is 0 Å². The maximum atomic E-state index is 5.34. The highest BCUT2D eigenvalue weighted by atomic mass is 31.1. The molecule has 0 aromatic rings. The van der Waals surface area contributed by atoms with Gasteiger partial charge in [0.1, 0.15) is 0 Å². The lowest BCUT2D eigenvalue weighted by atomic mass is 10.3. The van der Waals surface area contributed by atoms with Gasteiger partial charge in [0.25, 0.3) is 0 Å². The molecule has 13 heavy (non-hydrogen) atoms. The van der Waals surface area contributed by atoms with Gasteiger partial charge < -0.3 is 11.1 Å². The third kappa shape index (κ3) is 12.3. The van der Waals surface area contributed by atoms with Crippen LogP contribution in [-0.2, 0) is 0 Å². The van der Waals surface area contributed by atoms with E-state index in [-0.39, 0.29) is 0 Å². The van der Waals surface area contributed by atoms with E-state index in [4.69, 9.17) is 5.73 Å². The molecule has 4 heteroatoms. The fraction of sp³-hybridized carbons (Fsp3) is 1.00. The summed E-state index contributed by atoms with van der Waals surface area (Å²) in [4.78, 5) is 0. The van der Waals surface area contributed by atoms with Gasteiger partial charge in [-0.3, -0.25) is 5.09 Å². The van der Waals surface area contributed by atoms with E-state index in [1.807, 2.05) is 0 Å². The molecule has 0 amide bonds. The predicted octanol–water partition coefficient (Wildman–Crippen LogP) is 0.908. The summed E-state index contributed by atoms with van der Waals surface area (Å²) in [5.74, 6) is 0. The van der Waals surface area contributed by atoms with Crippen molar-refractivity contribution < 1.29 is 0 Å². The van der Waals surface area contributed by atoms with Crippen molar-refractivity contribution in [3.63, 3.8) is 0 Å². The molecule has 0 saturated heterocycles. The zero-order chi connectivity index (χ0) is 9.78. The van der Waals surface area contributed by atoms with Gasteiger partial charge in [-0.1, -0.05) is 28.5 Å². The van der Waals surface area contributed by atoms with Crippen LogP contribution < -0.4 is 16.1 Å². The Morgan fingerprint density at radius 1 is 1.15 bits per heavy atom. The average molecular weight is 205 g/mol. The predicted molar refractivity (Wildman–Crippen MR) is 62.6 cm³/mol. The molecule has 80 valence electrons. The second-order valence-electron chi connectivity index (χ2n) is 3.10. The topological polar surface area (TPSA) is 50.1 Å². The molecule has 0 bridgehead atoms. The zero-order valence-electron chi connectivity index (χ0n) is 8.73. The normalized spacial score (nSPS) is 11.5. The van der Waals surface area contributed by atoms with Crippen molar-refractivity contribution in [2.45, 2.75) is 26.2 Å². The Bertz CT molecular complexity index is 80.9. The van der Waals surface area contributed by atoms with E-state index in [2.05, 4.69) is 17.3 Å². The van der Waals surface area contributed by atoms with Crippen molar-refractivity contribution in [3.8, 4) is 0 Å². The number of unbranched alkanes of at least 4 members (excludes halogenated alkanes) is 2. The highest BCUT2D eigenvalue weighted by Gasteiger charge is 1.88. The Hall–Kier alpha value is 0.310. The van der Waals surface area contributed by atoms with Gasteiger partial charge in [-0.05, 0) is 12.6 Å². The van der Waals surface area contributed by atoms with Gasteiger partial charge in [0.05, 0.1) is 0 Å². The summed E-state index contributed by atoms with van der Waals surface area (Å²) < 4.78 is 0. The number of nitrogens with one attached hydrogen (secondary N) is 2. The van der Waals surface area contributed by atoms with Gasteiger partial charge in [-0.2, -0.15) is 0 Å². The lowest BCUT2D eigenvalue weighted by molar-refractivity contribution is 0.681. The first kappa shape index (κ1) is 13.3. The smallest absolute Gasteiger partial charge is 0.0113 e. The molecule has 0 rings (SSSR count). The number of hydrogen-bond acceptors (Lipinski definition) is 3. The summed E-state index contributed by atoms with van der Waals surface area (Å²) in [6.07, 6.45) is 5.41. The van der Waals surface area contributed by atoms with Crippen LogP contribution in [0.3, 0.4) is 0 Å². The fourth-order valence-electron chi connectivity index (χ4n) is 1.02. The molecule has 0 aliphatic heterocycles. The van der Waals surface area contributed by atoms with E-state index >= 15 is 0 Å². The van der Waals surface area contributed by atoms with Crippen LogP contribution in [0.1, 0.15) is 26.2 Å². The second-order valence-corrected chi connectivity index (χ2v) is 4.31. The van der Waals surface area contributed by atoms with Gasteiger partial charge >= 0.3 is 0 Å². The van der Waals surface area contributed by atoms with Crippen molar-refractivity contribution in [1.82, 2.24) is 10.4 Å². The third-order valence-corrected chi connectivity index (χ3v) is 2.88. The van der Waals surface area contributed by atoms with E-state index < -0.39 is 0 Å². The lowest BCUT2D eigenvalue weighted by Crippen LogP contribution is -2.28. The first-order valence-electron chi connectivity index (χ1n) is 5.28. The molecule has 0 fully saturated rings. The quantitative estimate of drug-likeness (QED) is 0.367. The molecule has 3 nitrogen and oxygen atoms in total. The van der Waals surface area contributed by atoms with Gasteiger partial charge in [0.15, 0.2) is 0 Å². The summed E-state index contributed by atoms with van der Waals surface area (Å²) >= 11 is 0. The van der Waals surface area contributed by atoms with Crippen LogP contribution in [0.2, 0.25) is 0 Å². The number of nitrogens with two attached hydrogens (primary N) is 1. The van der Waals surface area contributed by atoms with Crippen LogP contribution in [0.15, 0.2) is 0 Å². The summed E-state index contributed by atoms with van der Waals surface area (Å²) in [6.45, 7) is 6.02. The monoisotopic (exact) mass is 205 g/mol. The van der Waals surface area contributed by atoms with Crippen LogP contribution in [-0.4, -0.2) is 32.3 Å². The fourth-order valence-corrected chi connectivity index (χ4v) is 1.92. The van der Waals surface area contributed by atoms with Gasteiger partial charge in [0.2, 0.25) is 0 Å². The Balaban J connectivity index is 2.76. The SMILES string of the molecule is CCCCCPNCCNCCN. The maximum absolute atomic E-state index is 5.34. The summed E-state index contributed by atoms with van der Waals surface area (Å²) in [5.41, 5.74) is 5.34. The molecule has 1 atom stereocenters. The van der Waals surface area contributed by atoms with E-state index in [0.29, 0.717) is 0 Å². The third-order valence-electron chi connectivity index (χ3n) is 1.78. The molecule has 4 N–H and O–H groups in total. The lowest BCUT2D eigenvalue weighted by Gasteiger charge is -2.05. The molecule has 0 heterocycles. The molecular weight excluding hydrogens is 181 g/mol. The highest BCUT2D eigenvalue weighted by Crippen LogP contribution is 2.07. The van der Waals surface area contributed by atoms with Crippen LogP contribution in [0.25, 0.3) is 0 Å². The minimum atomic E-state index is 0.735. The van der Waals surface area contributed by atoms with Crippen molar-refractivity contribution in [3.05, 3.63) is 0 Å². The Morgan fingerprint density at radius 2 is 2.00 bits per heavy atom. The average Bonchev–Trinajstić information content (AvgIpc) is 2.16. The molecule has 0 radical (unpaired) electrons. The Morgan fingerprint density at radius 3 is 2.69 bits per heavy atom. The van der Waals surface area contributed by atoms with Crippen LogP contribution in [0, 0.1) is 0 Å². The summed E-state index contributed by atoms with van der Waals surface area (Å²) in [7, 11) is 0.933. The molecule has 1 unspecified atom stereocenters. The minimum Gasteiger partial charge on any atom is -0.329 e. The zero-order valence-corrected chi connectivity index (χ0v) is 9.73. The molecule has 0 aliphatic carbocycles. The number of rotatable bonds is 10. The molecule has 0 aromatic carbocycles. The van der Waals surface area contributed by atoms with Crippen molar-refractivity contribution >= 4 is 8.73 Å². The van der Waals surface area contributed by atoms with E-state index in [9.17, 15) is 0 Å². The molecule has 0 spiro atoms.